The van der Waals surface area contributed by atoms with Crippen LogP contribution in [-0.4, -0.2) is 26.2 Å². The Balaban J connectivity index is 2.65. The first-order valence-corrected chi connectivity index (χ1v) is 7.03. The number of ether oxygens (including phenoxy) is 1. The van der Waals surface area contributed by atoms with Crippen molar-refractivity contribution >= 4 is 5.96 Å². The second-order valence-electron chi connectivity index (χ2n) is 6.09. The summed E-state index contributed by atoms with van der Waals surface area (Å²) in [5.74, 6) is 1.94. The Kier molecular flexibility index (Phi) is 5.86. The fraction of sp³-hybridized carbons (Fsp3) is 0.562. The Morgan fingerprint density at radius 2 is 1.90 bits per heavy atom. The molecule has 0 radical (unpaired) electrons. The van der Waals surface area contributed by atoms with Crippen molar-refractivity contribution in [2.75, 3.05) is 20.2 Å². The molecule has 112 valence electrons. The van der Waals surface area contributed by atoms with E-state index in [0.29, 0.717) is 18.4 Å². The van der Waals surface area contributed by atoms with E-state index in [1.165, 1.54) is 5.56 Å². The highest BCUT2D eigenvalue weighted by atomic mass is 16.5. The number of nitrogens with two attached hydrogens (primary N) is 1. The van der Waals surface area contributed by atoms with Crippen molar-refractivity contribution in [2.24, 2.45) is 16.6 Å². The van der Waals surface area contributed by atoms with Crippen LogP contribution in [0.1, 0.15) is 33.3 Å². The molecule has 0 aromatic heterocycles. The smallest absolute Gasteiger partial charge is 0.188 e. The summed E-state index contributed by atoms with van der Waals surface area (Å²) in [7, 11) is 1.67. The van der Waals surface area contributed by atoms with E-state index in [-0.39, 0.29) is 5.41 Å². The third kappa shape index (κ3) is 5.11. The first-order chi connectivity index (χ1) is 9.35. The third-order valence-corrected chi connectivity index (χ3v) is 3.21. The molecule has 0 bridgehead atoms. The van der Waals surface area contributed by atoms with Crippen molar-refractivity contribution in [3.63, 3.8) is 0 Å². The van der Waals surface area contributed by atoms with Gasteiger partial charge in [0.1, 0.15) is 5.75 Å². The van der Waals surface area contributed by atoms with E-state index in [2.05, 4.69) is 50.1 Å². The number of nitrogens with zero attached hydrogens (tertiary/aromatic N) is 1. The highest BCUT2D eigenvalue weighted by Crippen LogP contribution is 2.25. The number of rotatable bonds is 6. The van der Waals surface area contributed by atoms with E-state index >= 15 is 0 Å². The minimum absolute atomic E-state index is 0.0591. The van der Waals surface area contributed by atoms with Gasteiger partial charge in [-0.25, -0.2) is 0 Å². The number of aliphatic imine (C=N–C) groups is 1. The van der Waals surface area contributed by atoms with Crippen LogP contribution in [0.15, 0.2) is 29.3 Å². The van der Waals surface area contributed by atoms with Crippen LogP contribution in [0.25, 0.3) is 0 Å². The van der Waals surface area contributed by atoms with Gasteiger partial charge in [0.25, 0.3) is 0 Å². The molecule has 1 aromatic rings. The molecular weight excluding hydrogens is 250 g/mol. The van der Waals surface area contributed by atoms with Gasteiger partial charge in [-0.05, 0) is 23.6 Å². The van der Waals surface area contributed by atoms with E-state index in [1.54, 1.807) is 7.11 Å². The SMILES string of the molecule is COc1ccc(C(C)(C)CN=C(N)NCC(C)C)cc1. The van der Waals surface area contributed by atoms with Crippen LogP contribution in [0.3, 0.4) is 0 Å². The second kappa shape index (κ2) is 7.17. The molecular formula is C16H27N3O. The molecule has 3 N–H and O–H groups in total. The quantitative estimate of drug-likeness (QED) is 0.620. The molecule has 0 saturated carbocycles. The van der Waals surface area contributed by atoms with Gasteiger partial charge in [-0.2, -0.15) is 0 Å². The van der Waals surface area contributed by atoms with E-state index in [4.69, 9.17) is 10.5 Å². The fourth-order valence-electron chi connectivity index (χ4n) is 1.78. The zero-order valence-electron chi connectivity index (χ0n) is 13.2. The minimum Gasteiger partial charge on any atom is -0.497 e. The summed E-state index contributed by atoms with van der Waals surface area (Å²) in [6, 6.07) is 8.10. The largest absolute Gasteiger partial charge is 0.497 e. The molecule has 0 saturated heterocycles. The first kappa shape index (κ1) is 16.3. The second-order valence-corrected chi connectivity index (χ2v) is 6.09. The zero-order chi connectivity index (χ0) is 15.2. The molecule has 0 amide bonds. The first-order valence-electron chi connectivity index (χ1n) is 7.03. The van der Waals surface area contributed by atoms with Crippen LogP contribution in [0.5, 0.6) is 5.75 Å². The van der Waals surface area contributed by atoms with Crippen LogP contribution in [-0.2, 0) is 5.41 Å². The van der Waals surface area contributed by atoms with Crippen LogP contribution in [0, 0.1) is 5.92 Å². The van der Waals surface area contributed by atoms with Gasteiger partial charge in [0.05, 0.1) is 13.7 Å². The summed E-state index contributed by atoms with van der Waals surface area (Å²) in [6.45, 7) is 10.1. The van der Waals surface area contributed by atoms with Crippen molar-refractivity contribution < 1.29 is 4.74 Å². The van der Waals surface area contributed by atoms with Crippen LogP contribution in [0.4, 0.5) is 0 Å². The number of methoxy groups -OCH3 is 1. The Bertz CT molecular complexity index is 436. The predicted molar refractivity (Wildman–Crippen MR) is 85.4 cm³/mol. The number of benzene rings is 1. The lowest BCUT2D eigenvalue weighted by Crippen LogP contribution is -2.35. The maximum atomic E-state index is 5.87. The number of guanidine groups is 1. The van der Waals surface area contributed by atoms with E-state index < -0.39 is 0 Å². The molecule has 0 aliphatic heterocycles. The monoisotopic (exact) mass is 277 g/mol. The topological polar surface area (TPSA) is 59.6 Å². The standard InChI is InChI=1S/C16H27N3O/c1-12(2)10-18-15(17)19-11-16(3,4)13-6-8-14(20-5)9-7-13/h6-9,12H,10-11H2,1-5H3,(H3,17,18,19). The van der Waals surface area contributed by atoms with E-state index in [0.717, 1.165) is 12.3 Å². The van der Waals surface area contributed by atoms with Gasteiger partial charge in [0.15, 0.2) is 5.96 Å². The van der Waals surface area contributed by atoms with Gasteiger partial charge in [-0.3, -0.25) is 4.99 Å². The lowest BCUT2D eigenvalue weighted by atomic mass is 9.85. The number of hydrogen-bond acceptors (Lipinski definition) is 2. The lowest BCUT2D eigenvalue weighted by Gasteiger charge is -2.23. The fourth-order valence-corrected chi connectivity index (χ4v) is 1.78. The normalized spacial score (nSPS) is 12.6. The lowest BCUT2D eigenvalue weighted by molar-refractivity contribution is 0.414. The predicted octanol–water partition coefficient (Wildman–Crippen LogP) is 2.53. The highest BCUT2D eigenvalue weighted by Gasteiger charge is 2.20. The van der Waals surface area contributed by atoms with Gasteiger partial charge in [0.2, 0.25) is 0 Å². The summed E-state index contributed by atoms with van der Waals surface area (Å²) in [6.07, 6.45) is 0. The van der Waals surface area contributed by atoms with Crippen LogP contribution < -0.4 is 15.8 Å². The Morgan fingerprint density at radius 3 is 2.40 bits per heavy atom. The maximum absolute atomic E-state index is 5.87. The maximum Gasteiger partial charge on any atom is 0.188 e. The van der Waals surface area contributed by atoms with Crippen molar-refractivity contribution in [1.82, 2.24) is 5.32 Å². The number of nitrogens with one attached hydrogen (secondary N) is 1. The van der Waals surface area contributed by atoms with E-state index in [9.17, 15) is 0 Å². The van der Waals surface area contributed by atoms with Gasteiger partial charge in [-0.1, -0.05) is 39.8 Å². The molecule has 0 atom stereocenters. The third-order valence-electron chi connectivity index (χ3n) is 3.21. The van der Waals surface area contributed by atoms with Crippen molar-refractivity contribution in [1.29, 1.82) is 0 Å². The summed E-state index contributed by atoms with van der Waals surface area (Å²) in [4.78, 5) is 4.44. The molecule has 1 aromatic carbocycles. The van der Waals surface area contributed by atoms with Crippen molar-refractivity contribution in [3.05, 3.63) is 29.8 Å². The average Bonchev–Trinajstić information content (AvgIpc) is 2.43. The van der Waals surface area contributed by atoms with E-state index in [1.807, 2.05) is 12.1 Å². The van der Waals surface area contributed by atoms with Gasteiger partial charge >= 0.3 is 0 Å². The average molecular weight is 277 g/mol. The Morgan fingerprint density at radius 1 is 1.30 bits per heavy atom. The molecule has 0 aliphatic carbocycles. The molecule has 0 heterocycles. The zero-order valence-corrected chi connectivity index (χ0v) is 13.2. The Labute approximate surface area is 122 Å². The molecule has 20 heavy (non-hydrogen) atoms. The summed E-state index contributed by atoms with van der Waals surface area (Å²) >= 11 is 0. The molecule has 1 rings (SSSR count). The Hall–Kier alpha value is -1.71. The van der Waals surface area contributed by atoms with Gasteiger partial charge < -0.3 is 15.8 Å². The van der Waals surface area contributed by atoms with Gasteiger partial charge in [-0.15, -0.1) is 0 Å². The van der Waals surface area contributed by atoms with Crippen LogP contribution >= 0.6 is 0 Å². The van der Waals surface area contributed by atoms with Crippen LogP contribution in [0.2, 0.25) is 0 Å². The summed E-state index contributed by atoms with van der Waals surface area (Å²) in [5.41, 5.74) is 7.03. The highest BCUT2D eigenvalue weighted by molar-refractivity contribution is 5.77. The minimum atomic E-state index is -0.0591. The summed E-state index contributed by atoms with van der Waals surface area (Å²) in [5, 5.41) is 3.13. The number of hydrogen-bond donors (Lipinski definition) is 2. The molecule has 0 aliphatic rings. The molecule has 0 fully saturated rings. The molecule has 4 nitrogen and oxygen atoms in total. The van der Waals surface area contributed by atoms with Crippen molar-refractivity contribution in [3.8, 4) is 5.75 Å². The summed E-state index contributed by atoms with van der Waals surface area (Å²) < 4.78 is 5.18. The van der Waals surface area contributed by atoms with Crippen molar-refractivity contribution in [2.45, 2.75) is 33.1 Å². The molecule has 0 spiro atoms. The molecule has 0 unspecified atom stereocenters. The molecule has 4 heteroatoms. The van der Waals surface area contributed by atoms with Gasteiger partial charge in [0, 0.05) is 12.0 Å².